The van der Waals surface area contributed by atoms with Gasteiger partial charge in [0, 0.05) is 37.5 Å². The number of carbonyl (C=O) groups excluding carboxylic acids is 1. The molecule has 4 rings (SSSR count). The molecule has 2 aliphatic heterocycles. The number of hydrogen-bond donors (Lipinski definition) is 2. The van der Waals surface area contributed by atoms with E-state index in [0.717, 1.165) is 31.6 Å². The molecule has 29 heavy (non-hydrogen) atoms. The van der Waals surface area contributed by atoms with E-state index in [2.05, 4.69) is 46.4 Å². The van der Waals surface area contributed by atoms with E-state index in [1.165, 1.54) is 11.1 Å². The minimum Gasteiger partial charge on any atom is -0.395 e. The Morgan fingerprint density at radius 2 is 2.17 bits per heavy atom. The number of piperidine rings is 1. The van der Waals surface area contributed by atoms with Crippen LogP contribution in [0.3, 0.4) is 0 Å². The Hall–Kier alpha value is -1.80. The van der Waals surface area contributed by atoms with E-state index in [9.17, 15) is 4.79 Å². The van der Waals surface area contributed by atoms with Crippen molar-refractivity contribution in [3.63, 3.8) is 0 Å². The molecule has 156 valence electrons. The van der Waals surface area contributed by atoms with E-state index < -0.39 is 0 Å². The first-order valence-corrected chi connectivity index (χ1v) is 11.3. The van der Waals surface area contributed by atoms with E-state index in [-0.39, 0.29) is 36.6 Å². The highest BCUT2D eigenvalue weighted by molar-refractivity contribution is 7.07. The predicted octanol–water partition coefficient (Wildman–Crippen LogP) is 2.32. The van der Waals surface area contributed by atoms with Crippen LogP contribution < -0.4 is 5.32 Å². The Balaban J connectivity index is 1.45. The normalized spacial score (nSPS) is 20.3. The van der Waals surface area contributed by atoms with Crippen LogP contribution in [0.1, 0.15) is 36.6 Å². The molecule has 1 saturated heterocycles. The van der Waals surface area contributed by atoms with Crippen LogP contribution in [0.2, 0.25) is 0 Å². The number of carbonyl (C=O) groups is 1. The molecule has 7 heteroatoms. The highest BCUT2D eigenvalue weighted by Crippen LogP contribution is 2.44. The number of nitrogens with zero attached hydrogens (tertiary/aromatic N) is 2. The molecule has 1 fully saturated rings. The molecule has 2 unspecified atom stereocenters. The third kappa shape index (κ3) is 4.23. The highest BCUT2D eigenvalue weighted by Gasteiger charge is 2.44. The van der Waals surface area contributed by atoms with E-state index in [1.54, 1.807) is 11.3 Å². The average Bonchev–Trinajstić information content (AvgIpc) is 3.39. The van der Waals surface area contributed by atoms with Gasteiger partial charge in [0.1, 0.15) is 0 Å². The van der Waals surface area contributed by atoms with Crippen molar-refractivity contribution in [2.75, 3.05) is 26.2 Å². The minimum absolute atomic E-state index is 0.0118. The van der Waals surface area contributed by atoms with Gasteiger partial charge in [-0.15, -0.1) is 11.3 Å². The van der Waals surface area contributed by atoms with Gasteiger partial charge < -0.3 is 15.2 Å². The second kappa shape index (κ2) is 8.92. The lowest BCUT2D eigenvalue weighted by Gasteiger charge is -2.43. The van der Waals surface area contributed by atoms with Crippen LogP contribution in [0, 0.1) is 5.92 Å². The van der Waals surface area contributed by atoms with Gasteiger partial charge in [0.25, 0.3) is 0 Å². The Morgan fingerprint density at radius 3 is 2.90 bits per heavy atom. The molecule has 0 bridgehead atoms. The summed E-state index contributed by atoms with van der Waals surface area (Å²) in [7, 11) is 0. The summed E-state index contributed by atoms with van der Waals surface area (Å²) in [6.07, 6.45) is 2.50. The maximum atomic E-state index is 12.8. The number of thiazole rings is 1. The first kappa shape index (κ1) is 20.5. The van der Waals surface area contributed by atoms with Crippen LogP contribution in [0.5, 0.6) is 0 Å². The van der Waals surface area contributed by atoms with Gasteiger partial charge >= 0.3 is 0 Å². The summed E-state index contributed by atoms with van der Waals surface area (Å²) >= 11 is 1.55. The summed E-state index contributed by atoms with van der Waals surface area (Å²) in [5.74, 6) is -0.211. The highest BCUT2D eigenvalue weighted by atomic mass is 32.1. The van der Waals surface area contributed by atoms with E-state index >= 15 is 0 Å². The van der Waals surface area contributed by atoms with Crippen LogP contribution in [0.25, 0.3) is 0 Å². The number of ether oxygens (including phenoxy) is 1. The first-order chi connectivity index (χ1) is 14.1. The molecule has 2 aromatic rings. The summed E-state index contributed by atoms with van der Waals surface area (Å²) in [5.41, 5.74) is 5.23. The fraction of sp³-hybridized carbons (Fsp3) is 0.545. The van der Waals surface area contributed by atoms with Gasteiger partial charge in [0.15, 0.2) is 0 Å². The molecule has 0 radical (unpaired) electrons. The lowest BCUT2D eigenvalue weighted by molar-refractivity contribution is -0.128. The maximum absolute atomic E-state index is 12.8. The number of hydrogen-bond acceptors (Lipinski definition) is 6. The molecule has 0 saturated carbocycles. The van der Waals surface area contributed by atoms with Gasteiger partial charge in [-0.1, -0.05) is 24.3 Å². The quantitative estimate of drug-likeness (QED) is 0.726. The van der Waals surface area contributed by atoms with Gasteiger partial charge in [0.2, 0.25) is 5.91 Å². The molecule has 2 atom stereocenters. The second-order valence-electron chi connectivity index (χ2n) is 8.02. The zero-order valence-electron chi connectivity index (χ0n) is 16.8. The van der Waals surface area contributed by atoms with Crippen molar-refractivity contribution in [2.24, 2.45) is 5.92 Å². The Kier molecular flexibility index (Phi) is 6.29. The number of likely N-dealkylation sites (tertiary alicyclic amines) is 1. The molecule has 1 aromatic heterocycles. The topological polar surface area (TPSA) is 74.7 Å². The number of fused-ring (bicyclic) bond motifs is 2. The van der Waals surface area contributed by atoms with Crippen molar-refractivity contribution in [2.45, 2.75) is 44.4 Å². The lowest BCUT2D eigenvalue weighted by Crippen LogP contribution is -2.51. The fourth-order valence-corrected chi connectivity index (χ4v) is 5.27. The van der Waals surface area contributed by atoms with Gasteiger partial charge in [-0.25, -0.2) is 4.98 Å². The molecular formula is C22H29N3O3S. The van der Waals surface area contributed by atoms with Crippen molar-refractivity contribution in [3.05, 3.63) is 52.0 Å². The number of rotatable bonds is 7. The smallest absolute Gasteiger partial charge is 0.225 e. The molecule has 0 aliphatic carbocycles. The van der Waals surface area contributed by atoms with Gasteiger partial charge in [-0.3, -0.25) is 9.69 Å². The summed E-state index contributed by atoms with van der Waals surface area (Å²) in [4.78, 5) is 19.6. The van der Waals surface area contributed by atoms with Crippen molar-refractivity contribution in [3.8, 4) is 0 Å². The summed E-state index contributed by atoms with van der Waals surface area (Å²) in [5, 5.41) is 14.0. The average molecular weight is 416 g/mol. The first-order valence-electron chi connectivity index (χ1n) is 10.3. The van der Waals surface area contributed by atoms with Crippen LogP contribution >= 0.6 is 11.3 Å². The predicted molar refractivity (Wildman–Crippen MR) is 113 cm³/mol. The SMILES string of the molecule is CC(C(Cc1cscn1)C(=O)NCCO)N1CCC2(CC1)OCc1ccccc12. The van der Waals surface area contributed by atoms with Crippen molar-refractivity contribution >= 4 is 17.2 Å². The van der Waals surface area contributed by atoms with Crippen LogP contribution in [-0.2, 0) is 28.2 Å². The third-order valence-electron chi connectivity index (χ3n) is 6.44. The van der Waals surface area contributed by atoms with Crippen LogP contribution in [0.15, 0.2) is 35.2 Å². The van der Waals surface area contributed by atoms with Gasteiger partial charge in [-0.05, 0) is 30.9 Å². The van der Waals surface area contributed by atoms with E-state index in [0.29, 0.717) is 13.0 Å². The zero-order valence-corrected chi connectivity index (χ0v) is 17.7. The van der Waals surface area contributed by atoms with Crippen LogP contribution in [-0.4, -0.2) is 53.2 Å². The molecule has 2 N–H and O–H groups in total. The number of nitrogens with one attached hydrogen (secondary N) is 1. The molecule has 2 aliphatic rings. The Bertz CT molecular complexity index is 818. The molecule has 6 nitrogen and oxygen atoms in total. The number of aliphatic hydroxyl groups excluding tert-OH is 1. The Labute approximate surface area is 175 Å². The second-order valence-corrected chi connectivity index (χ2v) is 8.74. The van der Waals surface area contributed by atoms with Gasteiger partial charge in [-0.2, -0.15) is 0 Å². The standard InChI is InChI=1S/C22H29N3O3S/c1-16(19(21(27)23-8-11-26)12-18-14-29-15-24-18)25-9-6-22(7-10-25)20-5-3-2-4-17(20)13-28-22/h2-5,14-16,19,26H,6-13H2,1H3,(H,23,27). The number of aliphatic hydroxyl groups is 1. The largest absolute Gasteiger partial charge is 0.395 e. The minimum atomic E-state index is -0.200. The zero-order chi connectivity index (χ0) is 20.3. The molecule has 3 heterocycles. The summed E-state index contributed by atoms with van der Waals surface area (Å²) in [6.45, 7) is 4.87. The molecule has 1 aromatic carbocycles. The number of benzene rings is 1. The van der Waals surface area contributed by atoms with E-state index in [4.69, 9.17) is 9.84 Å². The number of amides is 1. The van der Waals surface area contributed by atoms with Gasteiger partial charge in [0.05, 0.1) is 35.9 Å². The molecular weight excluding hydrogens is 386 g/mol. The molecule has 1 amide bonds. The fourth-order valence-electron chi connectivity index (χ4n) is 4.70. The van der Waals surface area contributed by atoms with Crippen molar-refractivity contribution in [1.82, 2.24) is 15.2 Å². The lowest BCUT2D eigenvalue weighted by atomic mass is 9.82. The van der Waals surface area contributed by atoms with E-state index in [1.807, 2.05) is 10.9 Å². The van der Waals surface area contributed by atoms with Crippen LogP contribution in [0.4, 0.5) is 0 Å². The number of aromatic nitrogens is 1. The summed E-state index contributed by atoms with van der Waals surface area (Å²) in [6, 6.07) is 8.62. The Morgan fingerprint density at radius 1 is 1.38 bits per heavy atom. The summed E-state index contributed by atoms with van der Waals surface area (Å²) < 4.78 is 6.28. The van der Waals surface area contributed by atoms with Crippen molar-refractivity contribution < 1.29 is 14.6 Å². The van der Waals surface area contributed by atoms with Crippen molar-refractivity contribution in [1.29, 1.82) is 0 Å². The molecule has 1 spiro atoms. The monoisotopic (exact) mass is 415 g/mol. The third-order valence-corrected chi connectivity index (χ3v) is 7.07. The maximum Gasteiger partial charge on any atom is 0.225 e.